The minimum Gasteiger partial charge on any atom is -0.320 e. The number of carbonyl (C=O) groups excluding carboxylic acids is 1. The van der Waals surface area contributed by atoms with Gasteiger partial charge in [-0.1, -0.05) is 23.7 Å². The molecule has 0 saturated heterocycles. The zero-order valence-electron chi connectivity index (χ0n) is 11.1. The summed E-state index contributed by atoms with van der Waals surface area (Å²) in [7, 11) is 0. The average molecular weight is 321 g/mol. The second kappa shape index (κ2) is 6.82. The fraction of sp³-hybridized carbons (Fsp3) is 0. The molecule has 5 nitrogen and oxygen atoms in total. The third-order valence-corrected chi connectivity index (χ3v) is 2.97. The topological polar surface area (TPSA) is 72.2 Å². The third-order valence-electron chi connectivity index (χ3n) is 2.72. The van der Waals surface area contributed by atoms with Gasteiger partial charge in [-0.05, 0) is 29.8 Å². The van der Waals surface area contributed by atoms with Gasteiger partial charge in [-0.15, -0.1) is 0 Å². The summed E-state index contributed by atoms with van der Waals surface area (Å²) in [6.07, 6.45) is 2.71. The van der Waals surface area contributed by atoms with Crippen LogP contribution in [0.3, 0.4) is 0 Å². The Morgan fingerprint density at radius 3 is 2.55 bits per heavy atom. The molecule has 0 aliphatic carbocycles. The molecule has 1 amide bonds. The number of benzene rings is 2. The number of anilines is 1. The van der Waals surface area contributed by atoms with Gasteiger partial charge in [0.1, 0.15) is 5.82 Å². The van der Waals surface area contributed by atoms with Crippen LogP contribution in [-0.2, 0) is 4.79 Å². The van der Waals surface area contributed by atoms with Crippen molar-refractivity contribution in [1.82, 2.24) is 0 Å². The van der Waals surface area contributed by atoms with Crippen LogP contribution in [0.4, 0.5) is 15.8 Å². The zero-order chi connectivity index (χ0) is 16.1. The number of nitro benzene ring substituents is 1. The maximum atomic E-state index is 13.5. The van der Waals surface area contributed by atoms with Gasteiger partial charge in [0.2, 0.25) is 5.91 Å². The van der Waals surface area contributed by atoms with Crippen LogP contribution in [-0.4, -0.2) is 10.8 Å². The number of non-ortho nitro benzene ring substituents is 1. The molecule has 0 aliphatic heterocycles. The molecule has 22 heavy (non-hydrogen) atoms. The molecule has 0 aliphatic rings. The molecule has 0 fully saturated rings. The van der Waals surface area contributed by atoms with Crippen LogP contribution in [0.15, 0.2) is 48.5 Å². The van der Waals surface area contributed by atoms with E-state index in [0.717, 1.165) is 23.8 Å². The maximum Gasteiger partial charge on any atom is 0.271 e. The molecule has 0 saturated carbocycles. The van der Waals surface area contributed by atoms with Crippen LogP contribution in [0.1, 0.15) is 5.56 Å². The lowest BCUT2D eigenvalue weighted by Crippen LogP contribution is -2.09. The first-order chi connectivity index (χ1) is 10.5. The fourth-order valence-electron chi connectivity index (χ4n) is 1.64. The molecule has 2 rings (SSSR count). The van der Waals surface area contributed by atoms with Crippen molar-refractivity contribution >= 4 is 35.0 Å². The lowest BCUT2D eigenvalue weighted by Gasteiger charge is -2.03. The number of nitro groups is 1. The molecular formula is C15H10ClFN2O3. The van der Waals surface area contributed by atoms with Crippen LogP contribution in [0.25, 0.3) is 6.08 Å². The molecule has 2 aromatic carbocycles. The second-order valence-electron chi connectivity index (χ2n) is 4.30. The molecule has 0 unspecified atom stereocenters. The number of amides is 1. The first-order valence-corrected chi connectivity index (χ1v) is 6.52. The molecular weight excluding hydrogens is 311 g/mol. The van der Waals surface area contributed by atoms with Gasteiger partial charge in [-0.3, -0.25) is 14.9 Å². The van der Waals surface area contributed by atoms with Crippen molar-refractivity contribution in [2.75, 3.05) is 5.32 Å². The monoisotopic (exact) mass is 320 g/mol. The number of rotatable bonds is 4. The summed E-state index contributed by atoms with van der Waals surface area (Å²) in [5.41, 5.74) is 0.178. The largest absolute Gasteiger partial charge is 0.320 e. The van der Waals surface area contributed by atoms with E-state index >= 15 is 0 Å². The summed E-state index contributed by atoms with van der Waals surface area (Å²) in [4.78, 5) is 21.7. The Hall–Kier alpha value is -2.73. The van der Waals surface area contributed by atoms with Gasteiger partial charge in [0, 0.05) is 23.2 Å². The van der Waals surface area contributed by atoms with Crippen molar-refractivity contribution in [3.8, 4) is 0 Å². The third kappa shape index (κ3) is 4.13. The van der Waals surface area contributed by atoms with E-state index in [0.29, 0.717) is 5.02 Å². The molecule has 0 radical (unpaired) electrons. The van der Waals surface area contributed by atoms with E-state index in [4.69, 9.17) is 11.6 Å². The number of hydrogen-bond acceptors (Lipinski definition) is 3. The number of hydrogen-bond donors (Lipinski definition) is 1. The predicted octanol–water partition coefficient (Wildman–Crippen LogP) is 4.04. The normalized spacial score (nSPS) is 10.6. The molecule has 112 valence electrons. The van der Waals surface area contributed by atoms with Crippen molar-refractivity contribution in [3.63, 3.8) is 0 Å². The SMILES string of the molecule is O=C(/C=C/c1ccc(Cl)cc1)Nc1cc([N+](=O)[O-])ccc1F. The summed E-state index contributed by atoms with van der Waals surface area (Å²) >= 11 is 5.74. The van der Waals surface area contributed by atoms with E-state index in [9.17, 15) is 19.3 Å². The smallest absolute Gasteiger partial charge is 0.271 e. The number of nitrogens with one attached hydrogen (secondary N) is 1. The lowest BCUT2D eigenvalue weighted by molar-refractivity contribution is -0.384. The van der Waals surface area contributed by atoms with Crippen LogP contribution < -0.4 is 5.32 Å². The highest BCUT2D eigenvalue weighted by atomic mass is 35.5. The highest BCUT2D eigenvalue weighted by Crippen LogP contribution is 2.21. The Labute approximate surface area is 130 Å². The van der Waals surface area contributed by atoms with E-state index in [1.807, 2.05) is 0 Å². The minimum absolute atomic E-state index is 0.250. The number of carbonyl (C=O) groups is 1. The number of nitrogens with zero attached hydrogens (tertiary/aromatic N) is 1. The molecule has 0 bridgehead atoms. The van der Waals surface area contributed by atoms with E-state index < -0.39 is 16.6 Å². The Kier molecular flexibility index (Phi) is 4.85. The van der Waals surface area contributed by atoms with Gasteiger partial charge in [0.15, 0.2) is 0 Å². The molecule has 1 N–H and O–H groups in total. The molecule has 2 aromatic rings. The highest BCUT2D eigenvalue weighted by Gasteiger charge is 2.11. The zero-order valence-corrected chi connectivity index (χ0v) is 11.9. The highest BCUT2D eigenvalue weighted by molar-refractivity contribution is 6.30. The molecule has 0 aromatic heterocycles. The summed E-state index contributed by atoms with van der Waals surface area (Å²) in [6, 6.07) is 9.66. The van der Waals surface area contributed by atoms with Gasteiger partial charge < -0.3 is 5.32 Å². The van der Waals surface area contributed by atoms with Crippen molar-refractivity contribution in [3.05, 3.63) is 75.1 Å². The standard InChI is InChI=1S/C15H10ClFN2O3/c16-11-4-1-10(2-5-11)3-8-15(20)18-14-9-12(19(21)22)6-7-13(14)17/h1-9H,(H,18,20)/b8-3+. The first kappa shape index (κ1) is 15.7. The summed E-state index contributed by atoms with van der Waals surface area (Å²) in [6.45, 7) is 0. The van der Waals surface area contributed by atoms with Crippen LogP contribution >= 0.6 is 11.6 Å². The molecule has 0 atom stereocenters. The molecule has 0 spiro atoms. The van der Waals surface area contributed by atoms with E-state index in [1.165, 1.54) is 12.2 Å². The summed E-state index contributed by atoms with van der Waals surface area (Å²) in [5.74, 6) is -1.35. The van der Waals surface area contributed by atoms with Crippen LogP contribution in [0.2, 0.25) is 5.02 Å². The number of halogens is 2. The predicted molar refractivity (Wildman–Crippen MR) is 82.2 cm³/mol. The van der Waals surface area contributed by atoms with Crippen molar-refractivity contribution in [2.24, 2.45) is 0 Å². The van der Waals surface area contributed by atoms with Crippen LogP contribution in [0, 0.1) is 15.9 Å². The lowest BCUT2D eigenvalue weighted by atomic mass is 10.2. The Morgan fingerprint density at radius 2 is 1.91 bits per heavy atom. The summed E-state index contributed by atoms with van der Waals surface area (Å²) in [5, 5.41) is 13.5. The van der Waals surface area contributed by atoms with Gasteiger partial charge in [0.25, 0.3) is 5.69 Å². The average Bonchev–Trinajstić information content (AvgIpc) is 2.48. The van der Waals surface area contributed by atoms with Gasteiger partial charge in [-0.2, -0.15) is 0 Å². The van der Waals surface area contributed by atoms with Gasteiger partial charge in [0.05, 0.1) is 10.6 Å². The van der Waals surface area contributed by atoms with Gasteiger partial charge >= 0.3 is 0 Å². The quantitative estimate of drug-likeness (QED) is 0.525. The molecule has 7 heteroatoms. The maximum absolute atomic E-state index is 13.5. The Bertz CT molecular complexity index is 745. The van der Waals surface area contributed by atoms with Crippen molar-refractivity contribution in [1.29, 1.82) is 0 Å². The summed E-state index contributed by atoms with van der Waals surface area (Å²) < 4.78 is 13.5. The molecule has 0 heterocycles. The van der Waals surface area contributed by atoms with Crippen molar-refractivity contribution in [2.45, 2.75) is 0 Å². The Morgan fingerprint density at radius 1 is 1.23 bits per heavy atom. The van der Waals surface area contributed by atoms with Crippen LogP contribution in [0.5, 0.6) is 0 Å². The van der Waals surface area contributed by atoms with Gasteiger partial charge in [-0.25, -0.2) is 4.39 Å². The second-order valence-corrected chi connectivity index (χ2v) is 4.73. The van der Waals surface area contributed by atoms with E-state index in [2.05, 4.69) is 5.32 Å². The fourth-order valence-corrected chi connectivity index (χ4v) is 1.77. The van der Waals surface area contributed by atoms with Crippen molar-refractivity contribution < 1.29 is 14.1 Å². The van der Waals surface area contributed by atoms with E-state index in [-0.39, 0.29) is 11.4 Å². The first-order valence-electron chi connectivity index (χ1n) is 6.14. The van der Waals surface area contributed by atoms with E-state index in [1.54, 1.807) is 24.3 Å². The minimum atomic E-state index is -0.751. The Balaban J connectivity index is 2.10.